The van der Waals surface area contributed by atoms with Gasteiger partial charge in [0, 0.05) is 20.2 Å². The molecule has 0 amide bonds. The lowest BCUT2D eigenvalue weighted by atomic mass is 9.96. The maximum Gasteiger partial charge on any atom is 0.147 e. The Morgan fingerprint density at radius 2 is 2.25 bits per heavy atom. The van der Waals surface area contributed by atoms with Crippen molar-refractivity contribution in [2.45, 2.75) is 25.9 Å². The maximum atomic E-state index is 5.87. The number of nitrogens with zero attached hydrogens (tertiary/aromatic N) is 4. The molecule has 24 heavy (non-hydrogen) atoms. The molecule has 3 rings (SSSR count). The first kappa shape index (κ1) is 16.9. The van der Waals surface area contributed by atoms with Gasteiger partial charge in [0.25, 0.3) is 0 Å². The quantitative estimate of drug-likeness (QED) is 0.777. The van der Waals surface area contributed by atoms with Crippen molar-refractivity contribution in [3.8, 4) is 5.75 Å². The summed E-state index contributed by atoms with van der Waals surface area (Å²) in [6.07, 6.45) is 3.92. The van der Waals surface area contributed by atoms with Gasteiger partial charge in [0.2, 0.25) is 0 Å². The SMILES string of the molecule is COCCn1cnnc1CN(C)C[C@H]1CCOc2ccccc2C1. The second-order valence-electron chi connectivity index (χ2n) is 6.45. The van der Waals surface area contributed by atoms with E-state index in [0.717, 1.165) is 50.7 Å². The highest BCUT2D eigenvalue weighted by atomic mass is 16.5. The van der Waals surface area contributed by atoms with Crippen LogP contribution in [0.1, 0.15) is 17.8 Å². The van der Waals surface area contributed by atoms with Gasteiger partial charge in [-0.1, -0.05) is 18.2 Å². The Morgan fingerprint density at radius 3 is 3.12 bits per heavy atom. The van der Waals surface area contributed by atoms with Crippen LogP contribution in [0.2, 0.25) is 0 Å². The maximum absolute atomic E-state index is 5.87. The van der Waals surface area contributed by atoms with Crippen LogP contribution in [-0.2, 0) is 24.2 Å². The highest BCUT2D eigenvalue weighted by Gasteiger charge is 2.19. The Morgan fingerprint density at radius 1 is 1.38 bits per heavy atom. The van der Waals surface area contributed by atoms with Crippen molar-refractivity contribution < 1.29 is 9.47 Å². The molecule has 0 saturated heterocycles. The van der Waals surface area contributed by atoms with Crippen molar-refractivity contribution >= 4 is 0 Å². The van der Waals surface area contributed by atoms with Gasteiger partial charge in [-0.3, -0.25) is 4.90 Å². The van der Waals surface area contributed by atoms with Crippen LogP contribution in [0.3, 0.4) is 0 Å². The molecule has 1 aliphatic rings. The first-order valence-corrected chi connectivity index (χ1v) is 8.51. The molecular weight excluding hydrogens is 304 g/mol. The third-order valence-electron chi connectivity index (χ3n) is 4.48. The van der Waals surface area contributed by atoms with Gasteiger partial charge < -0.3 is 14.0 Å². The molecule has 1 aromatic heterocycles. The summed E-state index contributed by atoms with van der Waals surface area (Å²) in [4.78, 5) is 2.33. The number of para-hydroxylation sites is 1. The third-order valence-corrected chi connectivity index (χ3v) is 4.48. The molecule has 0 spiro atoms. The number of fused-ring (bicyclic) bond motifs is 1. The molecule has 6 heteroatoms. The van der Waals surface area contributed by atoms with Gasteiger partial charge >= 0.3 is 0 Å². The third kappa shape index (κ3) is 4.33. The van der Waals surface area contributed by atoms with Crippen molar-refractivity contribution in [3.05, 3.63) is 42.0 Å². The van der Waals surface area contributed by atoms with E-state index in [-0.39, 0.29) is 0 Å². The van der Waals surface area contributed by atoms with Gasteiger partial charge in [-0.25, -0.2) is 0 Å². The van der Waals surface area contributed by atoms with Crippen LogP contribution in [0.25, 0.3) is 0 Å². The largest absolute Gasteiger partial charge is 0.493 e. The van der Waals surface area contributed by atoms with Gasteiger partial charge in [0.1, 0.15) is 17.9 Å². The zero-order chi connectivity index (χ0) is 16.8. The standard InChI is InChI=1S/C18H26N4O2/c1-21(13-18-20-19-14-22(18)8-10-23-2)12-15-7-9-24-17-6-4-3-5-16(17)11-15/h3-6,14-15H,7-13H2,1-2H3/t15-/m0/s1. The molecule has 0 radical (unpaired) electrons. The summed E-state index contributed by atoms with van der Waals surface area (Å²) in [6.45, 7) is 4.07. The lowest BCUT2D eigenvalue weighted by molar-refractivity contribution is 0.183. The molecule has 0 unspecified atom stereocenters. The highest BCUT2D eigenvalue weighted by molar-refractivity contribution is 5.34. The first-order valence-electron chi connectivity index (χ1n) is 8.51. The van der Waals surface area contributed by atoms with Crippen LogP contribution < -0.4 is 4.74 Å². The Labute approximate surface area is 143 Å². The van der Waals surface area contributed by atoms with E-state index in [4.69, 9.17) is 9.47 Å². The molecule has 0 bridgehead atoms. The lowest BCUT2D eigenvalue weighted by Crippen LogP contribution is -2.28. The summed E-state index contributed by atoms with van der Waals surface area (Å²) in [6, 6.07) is 8.37. The van der Waals surface area contributed by atoms with Crippen molar-refractivity contribution in [1.29, 1.82) is 0 Å². The minimum atomic E-state index is 0.592. The van der Waals surface area contributed by atoms with E-state index >= 15 is 0 Å². The summed E-state index contributed by atoms with van der Waals surface area (Å²) in [5.41, 5.74) is 1.32. The van der Waals surface area contributed by atoms with E-state index in [1.165, 1.54) is 5.56 Å². The van der Waals surface area contributed by atoms with Crippen molar-refractivity contribution in [1.82, 2.24) is 19.7 Å². The second kappa shape index (κ2) is 8.26. The molecule has 1 aromatic carbocycles. The monoisotopic (exact) mass is 330 g/mol. The summed E-state index contributed by atoms with van der Waals surface area (Å²) in [5, 5.41) is 8.28. The Kier molecular flexibility index (Phi) is 5.82. The molecule has 0 fully saturated rings. The highest BCUT2D eigenvalue weighted by Crippen LogP contribution is 2.27. The topological polar surface area (TPSA) is 52.4 Å². The van der Waals surface area contributed by atoms with Crippen molar-refractivity contribution in [2.75, 3.05) is 33.9 Å². The van der Waals surface area contributed by atoms with Gasteiger partial charge in [-0.15, -0.1) is 10.2 Å². The average Bonchev–Trinajstić information content (AvgIpc) is 2.90. The van der Waals surface area contributed by atoms with Crippen LogP contribution in [-0.4, -0.2) is 53.6 Å². The van der Waals surface area contributed by atoms with Crippen LogP contribution in [0.4, 0.5) is 0 Å². The van der Waals surface area contributed by atoms with Crippen molar-refractivity contribution in [3.63, 3.8) is 0 Å². The van der Waals surface area contributed by atoms with E-state index in [1.807, 2.05) is 6.07 Å². The fourth-order valence-electron chi connectivity index (χ4n) is 3.24. The first-order chi connectivity index (χ1) is 11.8. The molecule has 0 N–H and O–H groups in total. The van der Waals surface area contributed by atoms with Gasteiger partial charge in [-0.2, -0.15) is 0 Å². The lowest BCUT2D eigenvalue weighted by Gasteiger charge is -2.22. The van der Waals surface area contributed by atoms with Crippen LogP contribution >= 0.6 is 0 Å². The number of benzene rings is 1. The summed E-state index contributed by atoms with van der Waals surface area (Å²) in [7, 11) is 3.86. The van der Waals surface area contributed by atoms with E-state index in [2.05, 4.69) is 44.9 Å². The number of hydrogen-bond donors (Lipinski definition) is 0. The number of rotatable bonds is 7. The predicted molar refractivity (Wildman–Crippen MR) is 92.0 cm³/mol. The van der Waals surface area contributed by atoms with Crippen LogP contribution in [0.5, 0.6) is 5.75 Å². The van der Waals surface area contributed by atoms with Gasteiger partial charge in [-0.05, 0) is 37.4 Å². The summed E-state index contributed by atoms with van der Waals surface area (Å²) >= 11 is 0. The number of hydrogen-bond acceptors (Lipinski definition) is 5. The average molecular weight is 330 g/mol. The minimum absolute atomic E-state index is 0.592. The van der Waals surface area contributed by atoms with E-state index in [1.54, 1.807) is 13.4 Å². The molecule has 1 atom stereocenters. The molecular formula is C18H26N4O2. The number of aromatic nitrogens is 3. The second-order valence-corrected chi connectivity index (χ2v) is 6.45. The minimum Gasteiger partial charge on any atom is -0.493 e. The summed E-state index contributed by atoms with van der Waals surface area (Å²) < 4.78 is 13.1. The Bertz CT molecular complexity index is 643. The molecule has 0 aliphatic carbocycles. The van der Waals surface area contributed by atoms with Gasteiger partial charge in [0.05, 0.1) is 19.8 Å². The Hall–Kier alpha value is -1.92. The number of ether oxygens (including phenoxy) is 2. The Balaban J connectivity index is 1.57. The van der Waals surface area contributed by atoms with Crippen LogP contribution in [0.15, 0.2) is 30.6 Å². The van der Waals surface area contributed by atoms with Gasteiger partial charge in [0.15, 0.2) is 0 Å². The molecule has 1 aliphatic heterocycles. The zero-order valence-corrected chi connectivity index (χ0v) is 14.5. The van der Waals surface area contributed by atoms with E-state index < -0.39 is 0 Å². The smallest absolute Gasteiger partial charge is 0.147 e. The van der Waals surface area contributed by atoms with Crippen molar-refractivity contribution in [2.24, 2.45) is 5.92 Å². The predicted octanol–water partition coefficient (Wildman–Crippen LogP) is 2.00. The fourth-order valence-corrected chi connectivity index (χ4v) is 3.24. The molecule has 0 saturated carbocycles. The van der Waals surface area contributed by atoms with E-state index in [0.29, 0.717) is 12.5 Å². The summed E-state index contributed by atoms with van der Waals surface area (Å²) in [5.74, 6) is 2.62. The molecule has 2 aromatic rings. The van der Waals surface area contributed by atoms with Crippen LogP contribution in [0, 0.1) is 5.92 Å². The normalized spacial score (nSPS) is 17.4. The molecule has 6 nitrogen and oxygen atoms in total. The molecule has 2 heterocycles. The number of methoxy groups -OCH3 is 1. The molecule has 130 valence electrons. The van der Waals surface area contributed by atoms with E-state index in [9.17, 15) is 0 Å². The zero-order valence-electron chi connectivity index (χ0n) is 14.5. The fraction of sp³-hybridized carbons (Fsp3) is 0.556.